The summed E-state index contributed by atoms with van der Waals surface area (Å²) in [5, 5.41) is 9.43. The first-order valence-electron chi connectivity index (χ1n) is 8.34. The third-order valence-corrected chi connectivity index (χ3v) is 3.95. The van der Waals surface area contributed by atoms with Gasteiger partial charge >= 0.3 is 5.97 Å². The van der Waals surface area contributed by atoms with Crippen molar-refractivity contribution in [3.05, 3.63) is 71.8 Å². The first kappa shape index (κ1) is 18.2. The first-order chi connectivity index (χ1) is 13.0. The van der Waals surface area contributed by atoms with Crippen molar-refractivity contribution in [3.63, 3.8) is 0 Å². The van der Waals surface area contributed by atoms with Crippen LogP contribution in [0.3, 0.4) is 0 Å². The minimum Gasteiger partial charge on any atom is -0.461 e. The van der Waals surface area contributed by atoms with Crippen molar-refractivity contribution < 1.29 is 18.7 Å². The molecule has 0 aliphatic rings. The van der Waals surface area contributed by atoms with Gasteiger partial charge in [-0.3, -0.25) is 0 Å². The van der Waals surface area contributed by atoms with E-state index in [2.05, 4.69) is 6.07 Å². The highest BCUT2D eigenvalue weighted by molar-refractivity contribution is 5.97. The van der Waals surface area contributed by atoms with Crippen LogP contribution in [-0.4, -0.2) is 17.1 Å². The second-order valence-corrected chi connectivity index (χ2v) is 5.79. The first-order valence-corrected chi connectivity index (χ1v) is 8.34. The molecule has 0 spiro atoms. The van der Waals surface area contributed by atoms with Gasteiger partial charge in [0.2, 0.25) is 0 Å². The molecular formula is C21H17FN2O3. The van der Waals surface area contributed by atoms with E-state index in [0.717, 1.165) is 0 Å². The van der Waals surface area contributed by atoms with Gasteiger partial charge < -0.3 is 14.0 Å². The van der Waals surface area contributed by atoms with E-state index in [-0.39, 0.29) is 12.4 Å². The van der Waals surface area contributed by atoms with Gasteiger partial charge in [0.25, 0.3) is 0 Å². The molecule has 0 atom stereocenters. The van der Waals surface area contributed by atoms with Gasteiger partial charge in [0.15, 0.2) is 0 Å². The van der Waals surface area contributed by atoms with Crippen molar-refractivity contribution in [1.29, 1.82) is 5.26 Å². The van der Waals surface area contributed by atoms with Crippen LogP contribution in [0.4, 0.5) is 4.39 Å². The monoisotopic (exact) mass is 364 g/mol. The average Bonchev–Trinajstić information content (AvgIpc) is 2.99. The molecule has 0 bridgehead atoms. The van der Waals surface area contributed by atoms with Gasteiger partial charge in [-0.2, -0.15) is 5.26 Å². The number of aromatic nitrogens is 1. The molecule has 0 saturated heterocycles. The summed E-state index contributed by atoms with van der Waals surface area (Å²) in [5.74, 6) is 0.0200. The molecule has 0 saturated carbocycles. The maximum absolute atomic E-state index is 13.3. The number of hydrogen-bond donors (Lipinski definition) is 0. The molecule has 0 radical (unpaired) electrons. The standard InChI is InChI=1S/C21H17FN2O3/c1-3-26-21(25)20-19(15(12-23)13-24(20)2)14-7-9-17(10-8-14)27-18-6-4-5-16(22)11-18/h4-11,13H,3H2,1-2H3. The van der Waals surface area contributed by atoms with E-state index >= 15 is 0 Å². The normalized spacial score (nSPS) is 10.3. The molecule has 3 aromatic rings. The van der Waals surface area contributed by atoms with Crippen LogP contribution in [0, 0.1) is 17.1 Å². The molecular weight excluding hydrogens is 347 g/mol. The maximum atomic E-state index is 13.3. The van der Waals surface area contributed by atoms with Crippen LogP contribution < -0.4 is 4.74 Å². The molecule has 2 aromatic carbocycles. The minimum atomic E-state index is -0.489. The Balaban J connectivity index is 1.95. The molecule has 0 amide bonds. The van der Waals surface area contributed by atoms with E-state index in [9.17, 15) is 14.4 Å². The fourth-order valence-corrected chi connectivity index (χ4v) is 2.81. The number of esters is 1. The number of nitriles is 1. The van der Waals surface area contributed by atoms with E-state index in [0.29, 0.717) is 33.9 Å². The lowest BCUT2D eigenvalue weighted by molar-refractivity contribution is 0.0516. The van der Waals surface area contributed by atoms with E-state index < -0.39 is 5.97 Å². The summed E-state index contributed by atoms with van der Waals surface area (Å²) in [5.41, 5.74) is 1.88. The Hall–Kier alpha value is -3.59. The molecule has 5 nitrogen and oxygen atoms in total. The summed E-state index contributed by atoms with van der Waals surface area (Å²) in [6.07, 6.45) is 1.60. The van der Waals surface area contributed by atoms with Crippen LogP contribution in [0.1, 0.15) is 23.0 Å². The molecule has 0 fully saturated rings. The predicted molar refractivity (Wildman–Crippen MR) is 98.0 cm³/mol. The zero-order valence-corrected chi connectivity index (χ0v) is 14.9. The molecule has 3 rings (SSSR count). The van der Waals surface area contributed by atoms with Crippen LogP contribution in [0.15, 0.2) is 54.7 Å². The largest absolute Gasteiger partial charge is 0.461 e. The van der Waals surface area contributed by atoms with Gasteiger partial charge in [-0.15, -0.1) is 0 Å². The summed E-state index contributed by atoms with van der Waals surface area (Å²) in [6, 6.07) is 14.8. The molecule has 6 heteroatoms. The van der Waals surface area contributed by atoms with Crippen molar-refractivity contribution in [2.24, 2.45) is 7.05 Å². The summed E-state index contributed by atoms with van der Waals surface area (Å²) in [4.78, 5) is 12.3. The van der Waals surface area contributed by atoms with Crippen LogP contribution in [0.5, 0.6) is 11.5 Å². The average molecular weight is 364 g/mol. The van der Waals surface area contributed by atoms with Crippen molar-refractivity contribution in [3.8, 4) is 28.7 Å². The van der Waals surface area contributed by atoms with E-state index in [1.165, 1.54) is 12.1 Å². The van der Waals surface area contributed by atoms with Crippen LogP contribution in [-0.2, 0) is 11.8 Å². The predicted octanol–water partition coefficient (Wildman–Crippen LogP) is 4.67. The van der Waals surface area contributed by atoms with E-state index in [1.807, 2.05) is 0 Å². The van der Waals surface area contributed by atoms with Gasteiger partial charge in [-0.05, 0) is 36.8 Å². The topological polar surface area (TPSA) is 64.2 Å². The fourth-order valence-electron chi connectivity index (χ4n) is 2.81. The summed E-state index contributed by atoms with van der Waals surface area (Å²) in [7, 11) is 1.69. The van der Waals surface area contributed by atoms with Gasteiger partial charge in [0, 0.05) is 24.9 Å². The van der Waals surface area contributed by atoms with Crippen molar-refractivity contribution >= 4 is 5.97 Å². The highest BCUT2D eigenvalue weighted by Gasteiger charge is 2.22. The number of ether oxygens (including phenoxy) is 2. The molecule has 136 valence electrons. The Kier molecular flexibility index (Phi) is 5.23. The number of hydrogen-bond acceptors (Lipinski definition) is 4. The number of rotatable bonds is 5. The van der Waals surface area contributed by atoms with Gasteiger partial charge in [-0.1, -0.05) is 18.2 Å². The number of carbonyl (C=O) groups is 1. The SMILES string of the molecule is CCOC(=O)c1c(-c2ccc(Oc3cccc(F)c3)cc2)c(C#N)cn1C. The van der Waals surface area contributed by atoms with Crippen LogP contribution in [0.25, 0.3) is 11.1 Å². The highest BCUT2D eigenvalue weighted by Crippen LogP contribution is 2.32. The summed E-state index contributed by atoms with van der Waals surface area (Å²) >= 11 is 0. The highest BCUT2D eigenvalue weighted by atomic mass is 19.1. The smallest absolute Gasteiger partial charge is 0.355 e. The maximum Gasteiger partial charge on any atom is 0.355 e. The van der Waals surface area contributed by atoms with Crippen LogP contribution in [0.2, 0.25) is 0 Å². The molecule has 0 aliphatic carbocycles. The van der Waals surface area contributed by atoms with Gasteiger partial charge in [-0.25, -0.2) is 9.18 Å². The Morgan fingerprint density at radius 3 is 2.56 bits per heavy atom. The second-order valence-electron chi connectivity index (χ2n) is 5.79. The third kappa shape index (κ3) is 3.82. The minimum absolute atomic E-state index is 0.242. The van der Waals surface area contributed by atoms with E-state index in [4.69, 9.17) is 9.47 Å². The lowest BCUT2D eigenvalue weighted by Gasteiger charge is -2.09. The molecule has 0 unspecified atom stereocenters. The van der Waals surface area contributed by atoms with Crippen molar-refractivity contribution in [1.82, 2.24) is 4.57 Å². The fraction of sp³-hybridized carbons (Fsp3) is 0.143. The van der Waals surface area contributed by atoms with E-state index in [1.54, 1.807) is 61.1 Å². The number of halogens is 1. The Morgan fingerprint density at radius 2 is 1.93 bits per heavy atom. The second kappa shape index (κ2) is 7.75. The Bertz CT molecular complexity index is 1020. The summed E-state index contributed by atoms with van der Waals surface area (Å²) < 4.78 is 25.6. The Labute approximate surface area is 156 Å². The van der Waals surface area contributed by atoms with Gasteiger partial charge in [0.05, 0.1) is 12.2 Å². The number of aryl methyl sites for hydroxylation is 1. The quantitative estimate of drug-likeness (QED) is 0.617. The molecule has 1 aromatic heterocycles. The van der Waals surface area contributed by atoms with Crippen molar-refractivity contribution in [2.75, 3.05) is 6.61 Å². The molecule has 27 heavy (non-hydrogen) atoms. The molecule has 1 heterocycles. The van der Waals surface area contributed by atoms with Crippen molar-refractivity contribution in [2.45, 2.75) is 6.92 Å². The Morgan fingerprint density at radius 1 is 1.19 bits per heavy atom. The van der Waals surface area contributed by atoms with Gasteiger partial charge in [0.1, 0.15) is 29.1 Å². The number of benzene rings is 2. The summed E-state index contributed by atoms with van der Waals surface area (Å²) in [6.45, 7) is 1.97. The number of carbonyl (C=O) groups excluding carboxylic acids is 1. The third-order valence-electron chi connectivity index (χ3n) is 3.95. The lowest BCUT2D eigenvalue weighted by atomic mass is 10.0. The lowest BCUT2D eigenvalue weighted by Crippen LogP contribution is -2.10. The zero-order valence-electron chi connectivity index (χ0n) is 14.9. The van der Waals surface area contributed by atoms with Crippen LogP contribution >= 0.6 is 0 Å². The number of nitrogens with zero attached hydrogens (tertiary/aromatic N) is 2. The zero-order chi connectivity index (χ0) is 19.4. The molecule has 0 N–H and O–H groups in total. The molecule has 0 aliphatic heterocycles.